The highest BCUT2D eigenvalue weighted by molar-refractivity contribution is 7.13. The van der Waals surface area contributed by atoms with E-state index in [4.69, 9.17) is 16.3 Å². The Hall–Kier alpha value is -3.18. The molecule has 0 spiro atoms. The second-order valence-electron chi connectivity index (χ2n) is 6.23. The topological polar surface area (TPSA) is 101 Å². The Balaban J connectivity index is 1.48. The number of benzene rings is 1. The quantitative estimate of drug-likeness (QED) is 0.594. The van der Waals surface area contributed by atoms with Crippen molar-refractivity contribution in [3.8, 4) is 5.75 Å². The van der Waals surface area contributed by atoms with Gasteiger partial charge in [-0.25, -0.2) is 19.0 Å². The predicted molar refractivity (Wildman–Crippen MR) is 110 cm³/mol. The molecule has 9 nitrogen and oxygen atoms in total. The lowest BCUT2D eigenvalue weighted by molar-refractivity contribution is 0.160. The van der Waals surface area contributed by atoms with Crippen LogP contribution < -0.4 is 15.4 Å². The molecule has 0 aliphatic heterocycles. The van der Waals surface area contributed by atoms with Crippen LogP contribution in [0.3, 0.4) is 0 Å². The molecule has 0 radical (unpaired) electrons. The zero-order valence-electron chi connectivity index (χ0n) is 16.1. The van der Waals surface area contributed by atoms with E-state index in [1.807, 2.05) is 0 Å². The summed E-state index contributed by atoms with van der Waals surface area (Å²) >= 11 is 7.18. The molecular formula is C18H18ClFN6O3S. The van der Waals surface area contributed by atoms with Crippen LogP contribution in [0.2, 0.25) is 5.15 Å². The van der Waals surface area contributed by atoms with Gasteiger partial charge in [-0.3, -0.25) is 10.00 Å². The first-order chi connectivity index (χ1) is 14.3. The van der Waals surface area contributed by atoms with Crippen molar-refractivity contribution in [3.05, 3.63) is 58.1 Å². The third-order valence-electron chi connectivity index (χ3n) is 3.86. The molecule has 30 heavy (non-hydrogen) atoms. The van der Waals surface area contributed by atoms with Gasteiger partial charge in [0, 0.05) is 26.0 Å². The van der Waals surface area contributed by atoms with Gasteiger partial charge in [-0.15, -0.1) is 11.3 Å². The van der Waals surface area contributed by atoms with Crippen LogP contribution in [0.25, 0.3) is 0 Å². The average Bonchev–Trinajstić information content (AvgIpc) is 3.27. The van der Waals surface area contributed by atoms with Crippen molar-refractivity contribution in [2.24, 2.45) is 7.05 Å². The number of urea groups is 1. The van der Waals surface area contributed by atoms with Gasteiger partial charge in [-0.1, -0.05) is 23.7 Å². The molecule has 0 unspecified atom stereocenters. The number of nitrogens with one attached hydrogen (secondary N) is 2. The molecule has 0 saturated heterocycles. The van der Waals surface area contributed by atoms with E-state index in [1.165, 1.54) is 39.2 Å². The summed E-state index contributed by atoms with van der Waals surface area (Å²) in [6.45, 7) is 0.340. The molecule has 0 saturated carbocycles. The van der Waals surface area contributed by atoms with Crippen molar-refractivity contribution in [1.82, 2.24) is 25.0 Å². The molecule has 158 valence electrons. The lowest BCUT2D eigenvalue weighted by atomic mass is 10.2. The van der Waals surface area contributed by atoms with Gasteiger partial charge in [-0.2, -0.15) is 5.10 Å². The van der Waals surface area contributed by atoms with Gasteiger partial charge in [0.25, 0.3) is 0 Å². The molecule has 0 bridgehead atoms. The molecule has 0 fully saturated rings. The third-order valence-corrected chi connectivity index (χ3v) is 5.10. The van der Waals surface area contributed by atoms with E-state index in [0.717, 1.165) is 0 Å². The summed E-state index contributed by atoms with van der Waals surface area (Å²) < 4.78 is 19.7. The summed E-state index contributed by atoms with van der Waals surface area (Å²) in [5.41, 5.74) is 1.20. The Morgan fingerprint density at radius 2 is 2.20 bits per heavy atom. The molecule has 3 amide bonds. The molecule has 0 aliphatic rings. The number of halogens is 2. The molecular weight excluding hydrogens is 435 g/mol. The minimum Gasteiger partial charge on any atom is -0.405 e. The van der Waals surface area contributed by atoms with E-state index in [-0.39, 0.29) is 29.8 Å². The first kappa shape index (κ1) is 21.5. The zero-order chi connectivity index (χ0) is 21.7. The third kappa shape index (κ3) is 5.67. The fourth-order valence-corrected chi connectivity index (χ4v) is 3.19. The molecule has 12 heteroatoms. The Bertz CT molecular complexity index is 1060. The van der Waals surface area contributed by atoms with E-state index in [0.29, 0.717) is 16.4 Å². The van der Waals surface area contributed by atoms with E-state index < -0.39 is 12.1 Å². The number of aryl methyl sites for hydroxylation is 1. The second-order valence-corrected chi connectivity index (χ2v) is 7.44. The fourth-order valence-electron chi connectivity index (χ4n) is 2.36. The molecule has 1 aromatic carbocycles. The number of rotatable bonds is 6. The maximum Gasteiger partial charge on any atom is 0.415 e. The highest BCUT2D eigenvalue weighted by Gasteiger charge is 2.17. The molecule has 2 N–H and O–H groups in total. The van der Waals surface area contributed by atoms with Crippen LogP contribution in [0.1, 0.15) is 11.3 Å². The number of nitrogens with zero attached hydrogens (tertiary/aromatic N) is 4. The van der Waals surface area contributed by atoms with Gasteiger partial charge in [0.15, 0.2) is 16.0 Å². The van der Waals surface area contributed by atoms with Gasteiger partial charge >= 0.3 is 12.1 Å². The molecule has 2 heterocycles. The van der Waals surface area contributed by atoms with Crippen LogP contribution in [0.5, 0.6) is 5.75 Å². The lowest BCUT2D eigenvalue weighted by Crippen LogP contribution is -2.29. The maximum atomic E-state index is 13.2. The number of aromatic nitrogens is 3. The van der Waals surface area contributed by atoms with Crippen molar-refractivity contribution in [3.63, 3.8) is 0 Å². The summed E-state index contributed by atoms with van der Waals surface area (Å²) in [4.78, 5) is 29.8. The molecule has 2 aromatic heterocycles. The SMILES string of the molecule is CN(Cc1csc(NC(=O)NCc2cccc(F)c2)n1)C(=O)Oc1cnn(C)c1Cl. The van der Waals surface area contributed by atoms with Gasteiger partial charge in [-0.05, 0) is 17.7 Å². The number of carbonyl (C=O) groups excluding carboxylic acids is 2. The summed E-state index contributed by atoms with van der Waals surface area (Å²) in [6.07, 6.45) is 0.724. The van der Waals surface area contributed by atoms with Crippen LogP contribution in [-0.2, 0) is 20.1 Å². The van der Waals surface area contributed by atoms with Crippen molar-refractivity contribution in [2.75, 3.05) is 12.4 Å². The smallest absolute Gasteiger partial charge is 0.405 e. The predicted octanol–water partition coefficient (Wildman–Crippen LogP) is 3.62. The van der Waals surface area contributed by atoms with Gasteiger partial charge in [0.1, 0.15) is 5.82 Å². The molecule has 0 atom stereocenters. The number of hydrogen-bond donors (Lipinski definition) is 2. The molecule has 0 aliphatic carbocycles. The van der Waals surface area contributed by atoms with E-state index >= 15 is 0 Å². The largest absolute Gasteiger partial charge is 0.415 e. The summed E-state index contributed by atoms with van der Waals surface area (Å²) in [7, 11) is 3.17. The number of carbonyl (C=O) groups is 2. The number of hydrogen-bond acceptors (Lipinski definition) is 6. The van der Waals surface area contributed by atoms with E-state index in [9.17, 15) is 14.0 Å². The maximum absolute atomic E-state index is 13.2. The van der Waals surface area contributed by atoms with E-state index in [1.54, 1.807) is 31.6 Å². The number of amides is 3. The Labute approximate surface area is 180 Å². The van der Waals surface area contributed by atoms with E-state index in [2.05, 4.69) is 20.7 Å². The van der Waals surface area contributed by atoms with Crippen LogP contribution in [0.4, 0.5) is 19.1 Å². The fraction of sp³-hybridized carbons (Fsp3) is 0.222. The summed E-state index contributed by atoms with van der Waals surface area (Å²) in [5, 5.41) is 11.4. The summed E-state index contributed by atoms with van der Waals surface area (Å²) in [6, 6.07) is 5.48. The van der Waals surface area contributed by atoms with Crippen LogP contribution in [-0.4, -0.2) is 38.8 Å². The van der Waals surface area contributed by atoms with Crippen molar-refractivity contribution in [2.45, 2.75) is 13.1 Å². The normalized spacial score (nSPS) is 10.5. The first-order valence-corrected chi connectivity index (χ1v) is 9.91. The van der Waals surface area contributed by atoms with Crippen molar-refractivity contribution < 1.29 is 18.7 Å². The zero-order valence-corrected chi connectivity index (χ0v) is 17.6. The van der Waals surface area contributed by atoms with Crippen LogP contribution in [0, 0.1) is 5.82 Å². The summed E-state index contributed by atoms with van der Waals surface area (Å²) in [5.74, 6) is -0.209. The monoisotopic (exact) mass is 452 g/mol. The second kappa shape index (κ2) is 9.55. The lowest BCUT2D eigenvalue weighted by Gasteiger charge is -2.14. The minimum atomic E-state index is -0.625. The van der Waals surface area contributed by atoms with Crippen LogP contribution in [0.15, 0.2) is 35.8 Å². The first-order valence-electron chi connectivity index (χ1n) is 8.66. The standard InChI is InChI=1S/C18H18ClFN6O3S/c1-25(18(28)29-14-8-22-26(2)15(14)19)9-13-10-30-17(23-13)24-16(27)21-7-11-4-3-5-12(20)6-11/h3-6,8,10H,7,9H2,1-2H3,(H2,21,23,24,27). The number of ether oxygens (including phenoxy) is 1. The number of anilines is 1. The minimum absolute atomic E-state index is 0.159. The van der Waals surface area contributed by atoms with Gasteiger partial charge < -0.3 is 15.0 Å². The van der Waals surface area contributed by atoms with Gasteiger partial charge in [0.05, 0.1) is 18.4 Å². The highest BCUT2D eigenvalue weighted by atomic mass is 35.5. The Morgan fingerprint density at radius 3 is 2.90 bits per heavy atom. The Kier molecular flexibility index (Phi) is 6.85. The van der Waals surface area contributed by atoms with Crippen molar-refractivity contribution in [1.29, 1.82) is 0 Å². The number of thiazole rings is 1. The Morgan fingerprint density at radius 1 is 1.40 bits per heavy atom. The van der Waals surface area contributed by atoms with Gasteiger partial charge in [0.2, 0.25) is 0 Å². The van der Waals surface area contributed by atoms with Crippen molar-refractivity contribution >= 4 is 40.2 Å². The van der Waals surface area contributed by atoms with Crippen LogP contribution >= 0.6 is 22.9 Å². The highest BCUT2D eigenvalue weighted by Crippen LogP contribution is 2.23. The average molecular weight is 453 g/mol. The molecule has 3 aromatic rings. The molecule has 3 rings (SSSR count).